The number of hydrogen-bond donors (Lipinski definition) is 1. The van der Waals surface area contributed by atoms with Crippen LogP contribution in [0.2, 0.25) is 0 Å². The van der Waals surface area contributed by atoms with Crippen LogP contribution in [0, 0.1) is 17.8 Å². The molecule has 1 N–H and O–H groups in total. The molecule has 0 radical (unpaired) electrons. The number of nitrogens with one attached hydrogen (secondary N) is 1. The zero-order valence-corrected chi connectivity index (χ0v) is 11.6. The van der Waals surface area contributed by atoms with Gasteiger partial charge in [0.25, 0.3) is 0 Å². The highest BCUT2D eigenvalue weighted by molar-refractivity contribution is 5.84. The standard InChI is InChI=1S/C14H26N2O/c1-5-9(3)13-14(17)16(12(6-2)15-13)8-11-7-10(11)4/h9-13,15H,5-8H2,1-4H3. The summed E-state index contributed by atoms with van der Waals surface area (Å²) in [7, 11) is 0. The predicted octanol–water partition coefficient (Wildman–Crippen LogP) is 2.22. The van der Waals surface area contributed by atoms with Crippen LogP contribution in [0.5, 0.6) is 0 Å². The highest BCUT2D eigenvalue weighted by Gasteiger charge is 2.44. The molecule has 2 aliphatic rings. The van der Waals surface area contributed by atoms with Gasteiger partial charge in [0.15, 0.2) is 0 Å². The van der Waals surface area contributed by atoms with Gasteiger partial charge in [0.05, 0.1) is 12.2 Å². The summed E-state index contributed by atoms with van der Waals surface area (Å²) in [6, 6.07) is 0.0546. The van der Waals surface area contributed by atoms with Gasteiger partial charge < -0.3 is 4.90 Å². The van der Waals surface area contributed by atoms with E-state index < -0.39 is 0 Å². The third-order valence-corrected chi connectivity index (χ3v) is 4.60. The van der Waals surface area contributed by atoms with Crippen molar-refractivity contribution in [1.82, 2.24) is 10.2 Å². The zero-order chi connectivity index (χ0) is 12.6. The number of carbonyl (C=O) groups is 1. The molecule has 17 heavy (non-hydrogen) atoms. The summed E-state index contributed by atoms with van der Waals surface area (Å²) >= 11 is 0. The van der Waals surface area contributed by atoms with Crippen LogP contribution in [0.1, 0.15) is 47.0 Å². The van der Waals surface area contributed by atoms with Gasteiger partial charge in [-0.3, -0.25) is 10.1 Å². The summed E-state index contributed by atoms with van der Waals surface area (Å²) in [5.74, 6) is 2.36. The van der Waals surface area contributed by atoms with Gasteiger partial charge in [-0.15, -0.1) is 0 Å². The van der Waals surface area contributed by atoms with E-state index in [0.717, 1.165) is 31.2 Å². The van der Waals surface area contributed by atoms with E-state index in [1.165, 1.54) is 6.42 Å². The van der Waals surface area contributed by atoms with Gasteiger partial charge >= 0.3 is 0 Å². The number of rotatable bonds is 5. The zero-order valence-electron chi connectivity index (χ0n) is 11.6. The maximum absolute atomic E-state index is 12.4. The SMILES string of the molecule is CCC(C)C1NC(CC)N(CC2CC2C)C1=O. The molecular weight excluding hydrogens is 212 g/mol. The molecule has 0 aromatic carbocycles. The minimum Gasteiger partial charge on any atom is -0.326 e. The molecule has 1 saturated carbocycles. The van der Waals surface area contributed by atoms with Crippen LogP contribution < -0.4 is 5.32 Å². The fraction of sp³-hybridized carbons (Fsp3) is 0.929. The summed E-state index contributed by atoms with van der Waals surface area (Å²) in [4.78, 5) is 14.5. The Bertz CT molecular complexity index is 292. The average molecular weight is 238 g/mol. The smallest absolute Gasteiger partial charge is 0.241 e. The van der Waals surface area contributed by atoms with Gasteiger partial charge in [-0.25, -0.2) is 0 Å². The summed E-state index contributed by atoms with van der Waals surface area (Å²) < 4.78 is 0. The third-order valence-electron chi connectivity index (χ3n) is 4.60. The largest absolute Gasteiger partial charge is 0.326 e. The van der Waals surface area contributed by atoms with Crippen LogP contribution in [-0.4, -0.2) is 29.6 Å². The molecular formula is C14H26N2O. The Morgan fingerprint density at radius 3 is 2.59 bits per heavy atom. The van der Waals surface area contributed by atoms with E-state index in [4.69, 9.17) is 0 Å². The Hall–Kier alpha value is -0.570. The molecule has 1 amide bonds. The van der Waals surface area contributed by atoms with Gasteiger partial charge in [0, 0.05) is 6.54 Å². The monoisotopic (exact) mass is 238 g/mol. The molecule has 98 valence electrons. The first-order valence-corrected chi connectivity index (χ1v) is 7.15. The van der Waals surface area contributed by atoms with E-state index in [2.05, 4.69) is 37.9 Å². The van der Waals surface area contributed by atoms with E-state index in [1.807, 2.05) is 0 Å². The third kappa shape index (κ3) is 2.49. The van der Waals surface area contributed by atoms with Crippen LogP contribution in [0.4, 0.5) is 0 Å². The molecule has 0 aromatic rings. The lowest BCUT2D eigenvalue weighted by molar-refractivity contribution is -0.131. The van der Waals surface area contributed by atoms with Crippen molar-refractivity contribution in [2.75, 3.05) is 6.54 Å². The predicted molar refractivity (Wildman–Crippen MR) is 69.4 cm³/mol. The molecule has 2 fully saturated rings. The van der Waals surface area contributed by atoms with Crippen LogP contribution in [0.15, 0.2) is 0 Å². The Kier molecular flexibility index (Phi) is 3.76. The minimum absolute atomic E-state index is 0.0546. The minimum atomic E-state index is 0.0546. The van der Waals surface area contributed by atoms with E-state index in [-0.39, 0.29) is 12.2 Å². The van der Waals surface area contributed by atoms with Crippen molar-refractivity contribution >= 4 is 5.91 Å². The van der Waals surface area contributed by atoms with Crippen LogP contribution in [0.3, 0.4) is 0 Å². The van der Waals surface area contributed by atoms with Gasteiger partial charge in [-0.1, -0.05) is 34.1 Å². The van der Waals surface area contributed by atoms with E-state index in [9.17, 15) is 4.79 Å². The van der Waals surface area contributed by atoms with Gasteiger partial charge in [0.2, 0.25) is 5.91 Å². The first-order valence-electron chi connectivity index (χ1n) is 7.15. The molecule has 0 spiro atoms. The van der Waals surface area contributed by atoms with Crippen molar-refractivity contribution in [3.63, 3.8) is 0 Å². The topological polar surface area (TPSA) is 32.3 Å². The van der Waals surface area contributed by atoms with Crippen LogP contribution in [0.25, 0.3) is 0 Å². The van der Waals surface area contributed by atoms with Crippen molar-refractivity contribution < 1.29 is 4.79 Å². The fourth-order valence-electron chi connectivity index (χ4n) is 2.81. The normalized spacial score (nSPS) is 38.6. The lowest BCUT2D eigenvalue weighted by Gasteiger charge is -2.23. The fourth-order valence-corrected chi connectivity index (χ4v) is 2.81. The van der Waals surface area contributed by atoms with Crippen molar-refractivity contribution in [3.8, 4) is 0 Å². The van der Waals surface area contributed by atoms with Gasteiger partial charge in [-0.05, 0) is 30.6 Å². The van der Waals surface area contributed by atoms with Crippen LogP contribution >= 0.6 is 0 Å². The number of carbonyl (C=O) groups excluding carboxylic acids is 1. The molecule has 1 heterocycles. The summed E-state index contributed by atoms with van der Waals surface area (Å²) in [6.07, 6.45) is 3.65. The summed E-state index contributed by atoms with van der Waals surface area (Å²) in [5, 5.41) is 3.52. The first-order chi connectivity index (χ1) is 8.08. The van der Waals surface area contributed by atoms with E-state index in [1.54, 1.807) is 0 Å². The maximum Gasteiger partial charge on any atom is 0.241 e. The molecule has 0 aromatic heterocycles. The molecule has 1 aliphatic heterocycles. The van der Waals surface area contributed by atoms with Crippen molar-refractivity contribution in [1.29, 1.82) is 0 Å². The quantitative estimate of drug-likeness (QED) is 0.796. The Balaban J connectivity index is 2.00. The molecule has 2 rings (SSSR count). The van der Waals surface area contributed by atoms with Crippen molar-refractivity contribution in [3.05, 3.63) is 0 Å². The number of hydrogen-bond acceptors (Lipinski definition) is 2. The maximum atomic E-state index is 12.4. The first kappa shape index (κ1) is 12.9. The van der Waals surface area contributed by atoms with Gasteiger partial charge in [0.1, 0.15) is 0 Å². The van der Waals surface area contributed by atoms with E-state index in [0.29, 0.717) is 11.8 Å². The molecule has 5 atom stereocenters. The molecule has 5 unspecified atom stereocenters. The summed E-state index contributed by atoms with van der Waals surface area (Å²) in [5.41, 5.74) is 0. The van der Waals surface area contributed by atoms with Crippen molar-refractivity contribution in [2.24, 2.45) is 17.8 Å². The van der Waals surface area contributed by atoms with Gasteiger partial charge in [-0.2, -0.15) is 0 Å². The van der Waals surface area contributed by atoms with Crippen LogP contribution in [-0.2, 0) is 4.79 Å². The number of amides is 1. The second-order valence-corrected chi connectivity index (χ2v) is 5.92. The Morgan fingerprint density at radius 2 is 2.12 bits per heavy atom. The number of nitrogens with zero attached hydrogens (tertiary/aromatic N) is 1. The highest BCUT2D eigenvalue weighted by atomic mass is 16.2. The average Bonchev–Trinajstić information content (AvgIpc) is 2.92. The second-order valence-electron chi connectivity index (χ2n) is 5.92. The molecule has 1 aliphatic carbocycles. The Labute approximate surface area is 105 Å². The molecule has 3 nitrogen and oxygen atoms in total. The summed E-state index contributed by atoms with van der Waals surface area (Å²) in [6.45, 7) is 9.75. The molecule has 1 saturated heterocycles. The van der Waals surface area contributed by atoms with E-state index >= 15 is 0 Å². The lowest BCUT2D eigenvalue weighted by Crippen LogP contribution is -2.38. The molecule has 3 heteroatoms. The molecule has 0 bridgehead atoms. The second kappa shape index (κ2) is 4.97. The van der Waals surface area contributed by atoms with Crippen molar-refractivity contribution in [2.45, 2.75) is 59.2 Å². The highest BCUT2D eigenvalue weighted by Crippen LogP contribution is 2.39. The Morgan fingerprint density at radius 1 is 1.47 bits per heavy atom. The lowest BCUT2D eigenvalue weighted by atomic mass is 9.99.